The number of amides is 1. The third-order valence-corrected chi connectivity index (χ3v) is 8.37. The van der Waals surface area contributed by atoms with Crippen molar-refractivity contribution >= 4 is 43.3 Å². The van der Waals surface area contributed by atoms with Gasteiger partial charge < -0.3 is 10.6 Å². The molecule has 1 atom stereocenters. The quantitative estimate of drug-likeness (QED) is 0.547. The van der Waals surface area contributed by atoms with Crippen LogP contribution in [0.5, 0.6) is 0 Å². The highest BCUT2D eigenvalue weighted by molar-refractivity contribution is 9.10. The molecule has 31 heavy (non-hydrogen) atoms. The van der Waals surface area contributed by atoms with E-state index in [0.29, 0.717) is 22.2 Å². The van der Waals surface area contributed by atoms with Crippen molar-refractivity contribution in [2.24, 2.45) is 0 Å². The summed E-state index contributed by atoms with van der Waals surface area (Å²) in [5.74, 6) is -0.292. The number of carbonyl (C=O) groups excluding carboxylic acids is 1. The summed E-state index contributed by atoms with van der Waals surface area (Å²) in [7, 11) is -1.43. The first-order chi connectivity index (χ1) is 14.7. The van der Waals surface area contributed by atoms with E-state index in [1.54, 1.807) is 31.2 Å². The van der Waals surface area contributed by atoms with Crippen LogP contribution in [-0.2, 0) is 22.9 Å². The zero-order chi connectivity index (χ0) is 22.6. The highest BCUT2D eigenvalue weighted by Crippen LogP contribution is 2.24. The molecule has 1 aliphatic heterocycles. The van der Waals surface area contributed by atoms with E-state index in [9.17, 15) is 13.2 Å². The van der Waals surface area contributed by atoms with Crippen LogP contribution in [0.1, 0.15) is 34.8 Å². The molecule has 0 radical (unpaired) electrons. The Morgan fingerprint density at radius 2 is 2.00 bits per heavy atom. The standard InChI is InChI=1S/C22H27BrClN3O3S/c1-3-31(29,30)21-7-6-18(24)10-17(21)12-26-22(28)15-4-5-16(20(23)11-15)13-27-9-8-19(14-27)25-2/h4-7,10-11,19,25H,3,8-9,12-14H2,1-2H3,(H,26,28). The lowest BCUT2D eigenvalue weighted by molar-refractivity contribution is 0.0950. The van der Waals surface area contributed by atoms with Crippen molar-refractivity contribution in [3.8, 4) is 0 Å². The maximum atomic E-state index is 12.7. The Balaban J connectivity index is 1.68. The summed E-state index contributed by atoms with van der Waals surface area (Å²) < 4.78 is 25.6. The van der Waals surface area contributed by atoms with Crippen molar-refractivity contribution in [2.75, 3.05) is 25.9 Å². The predicted octanol–water partition coefficient (Wildman–Crippen LogP) is 3.62. The fourth-order valence-electron chi connectivity index (χ4n) is 3.69. The molecule has 1 saturated heterocycles. The van der Waals surface area contributed by atoms with Crippen LogP contribution in [0.25, 0.3) is 0 Å². The number of rotatable bonds is 8. The SMILES string of the molecule is CCS(=O)(=O)c1ccc(Cl)cc1CNC(=O)c1ccc(CN2CCC(NC)C2)c(Br)c1. The average molecular weight is 529 g/mol. The third-order valence-electron chi connectivity index (χ3n) is 5.57. The fourth-order valence-corrected chi connectivity index (χ4v) is 5.51. The number of sulfone groups is 1. The van der Waals surface area contributed by atoms with Crippen LogP contribution in [0.3, 0.4) is 0 Å². The maximum Gasteiger partial charge on any atom is 0.251 e. The number of hydrogen-bond acceptors (Lipinski definition) is 5. The molecule has 0 saturated carbocycles. The molecular formula is C22H27BrClN3O3S. The van der Waals surface area contributed by atoms with E-state index >= 15 is 0 Å². The number of hydrogen-bond donors (Lipinski definition) is 2. The van der Waals surface area contributed by atoms with Crippen molar-refractivity contribution in [3.63, 3.8) is 0 Å². The Morgan fingerprint density at radius 3 is 2.65 bits per heavy atom. The Hall–Kier alpha value is -1.45. The van der Waals surface area contributed by atoms with Crippen molar-refractivity contribution in [2.45, 2.75) is 37.4 Å². The molecule has 2 aromatic carbocycles. The molecule has 1 heterocycles. The number of nitrogens with zero attached hydrogens (tertiary/aromatic N) is 1. The molecule has 6 nitrogen and oxygen atoms in total. The fraction of sp³-hybridized carbons (Fsp3) is 0.409. The van der Waals surface area contributed by atoms with E-state index in [2.05, 4.69) is 31.5 Å². The molecular weight excluding hydrogens is 502 g/mol. The van der Waals surface area contributed by atoms with Gasteiger partial charge in [-0.1, -0.05) is 40.5 Å². The van der Waals surface area contributed by atoms with Gasteiger partial charge in [0.15, 0.2) is 9.84 Å². The Morgan fingerprint density at radius 1 is 1.23 bits per heavy atom. The van der Waals surface area contributed by atoms with Gasteiger partial charge in [0.05, 0.1) is 10.6 Å². The molecule has 9 heteroatoms. The molecule has 2 aromatic rings. The number of likely N-dealkylation sites (N-methyl/N-ethyl adjacent to an activating group) is 1. The van der Waals surface area contributed by atoms with Crippen LogP contribution in [0.15, 0.2) is 45.8 Å². The van der Waals surface area contributed by atoms with Crippen molar-refractivity contribution < 1.29 is 13.2 Å². The largest absolute Gasteiger partial charge is 0.348 e. The zero-order valence-corrected chi connectivity index (χ0v) is 20.8. The second-order valence-corrected chi connectivity index (χ2v) is 11.2. The Labute approximate surface area is 197 Å². The molecule has 1 fully saturated rings. The van der Waals surface area contributed by atoms with Gasteiger partial charge in [0.1, 0.15) is 0 Å². The summed E-state index contributed by atoms with van der Waals surface area (Å²) in [4.78, 5) is 15.3. The first kappa shape index (κ1) is 24.2. The normalized spacial score (nSPS) is 17.1. The van der Waals surface area contributed by atoms with Gasteiger partial charge in [0, 0.05) is 47.3 Å². The summed E-state index contributed by atoms with van der Waals surface area (Å²) in [6.45, 7) is 4.54. The van der Waals surface area contributed by atoms with Crippen molar-refractivity contribution in [1.82, 2.24) is 15.5 Å². The molecule has 0 aliphatic carbocycles. The molecule has 0 spiro atoms. The lowest BCUT2D eigenvalue weighted by atomic mass is 10.1. The maximum absolute atomic E-state index is 12.7. The second kappa shape index (κ2) is 10.4. The van der Waals surface area contributed by atoms with Crippen LogP contribution in [0.4, 0.5) is 0 Å². The highest BCUT2D eigenvalue weighted by atomic mass is 79.9. The number of carbonyl (C=O) groups is 1. The van der Waals surface area contributed by atoms with Gasteiger partial charge in [0.25, 0.3) is 5.91 Å². The van der Waals surface area contributed by atoms with Gasteiger partial charge in [-0.05, 0) is 54.9 Å². The zero-order valence-electron chi connectivity index (χ0n) is 17.6. The van der Waals surface area contributed by atoms with E-state index < -0.39 is 9.84 Å². The number of nitrogens with one attached hydrogen (secondary N) is 2. The topological polar surface area (TPSA) is 78.5 Å². The van der Waals surface area contributed by atoms with Gasteiger partial charge in [-0.25, -0.2) is 8.42 Å². The molecule has 1 amide bonds. The smallest absolute Gasteiger partial charge is 0.251 e. The summed E-state index contributed by atoms with van der Waals surface area (Å²) in [6, 6.07) is 10.7. The van der Waals surface area contributed by atoms with E-state index in [4.69, 9.17) is 11.6 Å². The molecule has 3 rings (SSSR count). The lowest BCUT2D eigenvalue weighted by Gasteiger charge is -2.17. The van der Waals surface area contributed by atoms with E-state index in [1.165, 1.54) is 6.07 Å². The van der Waals surface area contributed by atoms with Gasteiger partial charge in [-0.2, -0.15) is 0 Å². The van der Waals surface area contributed by atoms with Gasteiger partial charge in [-0.3, -0.25) is 9.69 Å². The monoisotopic (exact) mass is 527 g/mol. The van der Waals surface area contributed by atoms with Crippen molar-refractivity contribution in [3.05, 3.63) is 62.6 Å². The molecule has 0 aromatic heterocycles. The van der Waals surface area contributed by atoms with Crippen LogP contribution < -0.4 is 10.6 Å². The summed E-state index contributed by atoms with van der Waals surface area (Å²) in [6.07, 6.45) is 1.13. The number of halogens is 2. The van der Waals surface area contributed by atoms with Crippen LogP contribution in [0, 0.1) is 0 Å². The molecule has 168 valence electrons. The Kier molecular flexibility index (Phi) is 8.15. The molecule has 1 unspecified atom stereocenters. The third kappa shape index (κ3) is 6.08. The molecule has 2 N–H and O–H groups in total. The van der Waals surface area contributed by atoms with E-state index in [1.807, 2.05) is 13.1 Å². The predicted molar refractivity (Wildman–Crippen MR) is 127 cm³/mol. The number of likely N-dealkylation sites (tertiary alicyclic amines) is 1. The minimum atomic E-state index is -3.41. The summed E-state index contributed by atoms with van der Waals surface area (Å²) in [5.41, 5.74) is 2.11. The van der Waals surface area contributed by atoms with Gasteiger partial charge in [0.2, 0.25) is 0 Å². The summed E-state index contributed by atoms with van der Waals surface area (Å²) in [5, 5.41) is 6.55. The first-order valence-corrected chi connectivity index (χ1v) is 13.0. The van der Waals surface area contributed by atoms with Gasteiger partial charge >= 0.3 is 0 Å². The lowest BCUT2D eigenvalue weighted by Crippen LogP contribution is -2.29. The van der Waals surface area contributed by atoms with Gasteiger partial charge in [-0.15, -0.1) is 0 Å². The van der Waals surface area contributed by atoms with E-state index in [-0.39, 0.29) is 23.1 Å². The molecule has 1 aliphatic rings. The highest BCUT2D eigenvalue weighted by Gasteiger charge is 2.22. The number of benzene rings is 2. The van der Waals surface area contributed by atoms with E-state index in [0.717, 1.165) is 36.1 Å². The average Bonchev–Trinajstić information content (AvgIpc) is 3.21. The van der Waals surface area contributed by atoms with Crippen molar-refractivity contribution in [1.29, 1.82) is 0 Å². The Bertz CT molecular complexity index is 1060. The minimum absolute atomic E-state index is 0.0178. The molecule has 0 bridgehead atoms. The van der Waals surface area contributed by atoms with Crippen LogP contribution in [0.2, 0.25) is 5.02 Å². The summed E-state index contributed by atoms with van der Waals surface area (Å²) >= 11 is 9.64. The van der Waals surface area contributed by atoms with Crippen LogP contribution in [-0.4, -0.2) is 51.2 Å². The first-order valence-electron chi connectivity index (χ1n) is 10.2. The van der Waals surface area contributed by atoms with Crippen LogP contribution >= 0.6 is 27.5 Å². The minimum Gasteiger partial charge on any atom is -0.348 e. The second-order valence-electron chi connectivity index (χ2n) is 7.65.